The van der Waals surface area contributed by atoms with E-state index in [0.717, 1.165) is 17.5 Å². The molecule has 0 radical (unpaired) electrons. The molecule has 106 valence electrons. The van der Waals surface area contributed by atoms with Crippen molar-refractivity contribution in [1.82, 2.24) is 0 Å². The molecule has 0 bridgehead atoms. The fourth-order valence-electron chi connectivity index (χ4n) is 2.19. The highest BCUT2D eigenvalue weighted by atomic mass is 35.5. The van der Waals surface area contributed by atoms with Gasteiger partial charge < -0.3 is 4.74 Å². The molecule has 1 atom stereocenters. The van der Waals surface area contributed by atoms with E-state index in [2.05, 4.69) is 13.0 Å². The van der Waals surface area contributed by atoms with Crippen LogP contribution in [-0.2, 0) is 16.0 Å². The number of unbranched alkanes of at least 4 members (excludes halogenated alkanes) is 2. The second-order valence-electron chi connectivity index (χ2n) is 4.72. The van der Waals surface area contributed by atoms with Gasteiger partial charge in [0.15, 0.2) is 0 Å². The summed E-state index contributed by atoms with van der Waals surface area (Å²) in [6.07, 6.45) is 5.04. The number of ether oxygens (including phenoxy) is 1. The second-order valence-corrected chi connectivity index (χ2v) is 5.14. The molecular weight excluding hydrogens is 260 g/mol. The van der Waals surface area contributed by atoms with Crippen LogP contribution in [0.1, 0.15) is 56.8 Å². The summed E-state index contributed by atoms with van der Waals surface area (Å²) in [5.41, 5.74) is 2.10. The van der Waals surface area contributed by atoms with E-state index in [1.807, 2.05) is 25.1 Å². The first-order chi connectivity index (χ1) is 9.17. The molecular formula is C16H23ClO2. The minimum absolute atomic E-state index is 0.127. The molecule has 1 unspecified atom stereocenters. The first-order valence-corrected chi connectivity index (χ1v) is 7.44. The molecule has 2 nitrogen and oxygen atoms in total. The smallest absolute Gasteiger partial charge is 0.226 e. The van der Waals surface area contributed by atoms with Gasteiger partial charge in [-0.1, -0.05) is 50.5 Å². The Morgan fingerprint density at radius 1 is 1.32 bits per heavy atom. The van der Waals surface area contributed by atoms with E-state index in [4.69, 9.17) is 16.3 Å². The molecule has 1 rings (SSSR count). The molecule has 0 fully saturated rings. The molecule has 0 N–H and O–H groups in total. The van der Waals surface area contributed by atoms with Gasteiger partial charge in [-0.25, -0.2) is 0 Å². The van der Waals surface area contributed by atoms with Gasteiger partial charge in [0, 0.05) is 13.0 Å². The summed E-state index contributed by atoms with van der Waals surface area (Å²) in [5.74, 6) is 0. The highest BCUT2D eigenvalue weighted by Crippen LogP contribution is 2.25. The summed E-state index contributed by atoms with van der Waals surface area (Å²) in [4.78, 5) is 11.0. The fraction of sp³-hybridized carbons (Fsp3) is 0.562. The number of benzene rings is 1. The van der Waals surface area contributed by atoms with Crippen molar-refractivity contribution in [2.75, 3.05) is 6.61 Å². The molecule has 0 aromatic heterocycles. The number of hydrogen-bond acceptors (Lipinski definition) is 2. The number of carbonyl (C=O) groups excluding carboxylic acids is 1. The maximum Gasteiger partial charge on any atom is 0.226 e. The predicted octanol–water partition coefficient (Wildman–Crippen LogP) is 4.65. The van der Waals surface area contributed by atoms with Crippen molar-refractivity contribution in [3.05, 3.63) is 35.4 Å². The van der Waals surface area contributed by atoms with Crippen molar-refractivity contribution in [2.24, 2.45) is 0 Å². The van der Waals surface area contributed by atoms with Crippen LogP contribution in [0.25, 0.3) is 0 Å². The van der Waals surface area contributed by atoms with E-state index in [1.54, 1.807) is 0 Å². The van der Waals surface area contributed by atoms with Crippen LogP contribution >= 0.6 is 11.6 Å². The lowest BCUT2D eigenvalue weighted by molar-refractivity contribution is -0.111. The monoisotopic (exact) mass is 282 g/mol. The van der Waals surface area contributed by atoms with Crippen LogP contribution in [0, 0.1) is 0 Å². The summed E-state index contributed by atoms with van der Waals surface area (Å²) < 4.78 is 5.82. The maximum absolute atomic E-state index is 11.0. The van der Waals surface area contributed by atoms with Crippen molar-refractivity contribution in [1.29, 1.82) is 0 Å². The van der Waals surface area contributed by atoms with Gasteiger partial charge in [0.05, 0.1) is 6.10 Å². The second kappa shape index (κ2) is 9.11. The van der Waals surface area contributed by atoms with E-state index in [1.165, 1.54) is 19.3 Å². The summed E-state index contributed by atoms with van der Waals surface area (Å²) in [5, 5.41) is -0.323. The van der Waals surface area contributed by atoms with Gasteiger partial charge in [0.2, 0.25) is 5.24 Å². The van der Waals surface area contributed by atoms with Gasteiger partial charge in [-0.05, 0) is 36.1 Å². The Kier molecular flexibility index (Phi) is 7.76. The molecule has 19 heavy (non-hydrogen) atoms. The van der Waals surface area contributed by atoms with E-state index in [-0.39, 0.29) is 17.8 Å². The normalized spacial score (nSPS) is 12.4. The lowest BCUT2D eigenvalue weighted by atomic mass is 10.00. The first kappa shape index (κ1) is 16.2. The van der Waals surface area contributed by atoms with E-state index >= 15 is 0 Å². The zero-order valence-corrected chi connectivity index (χ0v) is 12.6. The zero-order valence-electron chi connectivity index (χ0n) is 11.8. The molecule has 0 amide bonds. The van der Waals surface area contributed by atoms with Crippen molar-refractivity contribution >= 4 is 16.8 Å². The summed E-state index contributed by atoms with van der Waals surface area (Å²) >= 11 is 5.44. The molecule has 0 spiro atoms. The van der Waals surface area contributed by atoms with Crippen LogP contribution in [-0.4, -0.2) is 11.8 Å². The quantitative estimate of drug-likeness (QED) is 0.487. The summed E-state index contributed by atoms with van der Waals surface area (Å²) in [6, 6.07) is 8.00. The Balaban J connectivity index is 2.73. The van der Waals surface area contributed by atoms with E-state index in [9.17, 15) is 4.79 Å². The average Bonchev–Trinajstić information content (AvgIpc) is 2.37. The number of rotatable bonds is 9. The highest BCUT2D eigenvalue weighted by Gasteiger charge is 2.12. The molecule has 0 saturated carbocycles. The third-order valence-corrected chi connectivity index (χ3v) is 3.24. The topological polar surface area (TPSA) is 26.3 Å². The van der Waals surface area contributed by atoms with Crippen LogP contribution in [0.3, 0.4) is 0 Å². The standard InChI is InChI=1S/C16H23ClO2/c1-3-5-6-10-15(19-4-2)14-9-7-8-13(11-14)12-16(17)18/h7-9,11,15H,3-6,10,12H2,1-2H3. The third kappa shape index (κ3) is 6.22. The van der Waals surface area contributed by atoms with Gasteiger partial charge in [0.25, 0.3) is 0 Å². The largest absolute Gasteiger partial charge is 0.374 e. The molecule has 1 aromatic carbocycles. The fourth-order valence-corrected chi connectivity index (χ4v) is 2.35. The SMILES string of the molecule is CCCCCC(OCC)c1cccc(CC(=O)Cl)c1. The first-order valence-electron chi connectivity index (χ1n) is 7.06. The molecule has 0 saturated heterocycles. The van der Waals surface area contributed by atoms with Crippen LogP contribution in [0.5, 0.6) is 0 Å². The zero-order chi connectivity index (χ0) is 14.1. The van der Waals surface area contributed by atoms with Gasteiger partial charge in [-0.15, -0.1) is 0 Å². The Morgan fingerprint density at radius 2 is 2.11 bits per heavy atom. The van der Waals surface area contributed by atoms with Crippen LogP contribution in [0.15, 0.2) is 24.3 Å². The van der Waals surface area contributed by atoms with Gasteiger partial charge in [-0.2, -0.15) is 0 Å². The summed E-state index contributed by atoms with van der Waals surface area (Å²) in [7, 11) is 0. The third-order valence-electron chi connectivity index (χ3n) is 3.10. The van der Waals surface area contributed by atoms with Crippen molar-refractivity contribution in [3.8, 4) is 0 Å². The van der Waals surface area contributed by atoms with Gasteiger partial charge in [-0.3, -0.25) is 4.79 Å². The molecule has 0 aliphatic carbocycles. The molecule has 0 aliphatic rings. The lowest BCUT2D eigenvalue weighted by Gasteiger charge is -2.18. The van der Waals surface area contributed by atoms with Crippen LogP contribution < -0.4 is 0 Å². The average molecular weight is 283 g/mol. The minimum atomic E-state index is -0.323. The number of halogens is 1. The van der Waals surface area contributed by atoms with E-state index < -0.39 is 0 Å². The molecule has 0 heterocycles. The Hall–Kier alpha value is -0.860. The number of carbonyl (C=O) groups is 1. The number of hydrogen-bond donors (Lipinski definition) is 0. The molecule has 3 heteroatoms. The van der Waals surface area contributed by atoms with Crippen molar-refractivity contribution < 1.29 is 9.53 Å². The van der Waals surface area contributed by atoms with Crippen molar-refractivity contribution in [3.63, 3.8) is 0 Å². The molecule has 1 aromatic rings. The lowest BCUT2D eigenvalue weighted by Crippen LogP contribution is -2.05. The Labute approximate surface area is 121 Å². The highest BCUT2D eigenvalue weighted by molar-refractivity contribution is 6.63. The van der Waals surface area contributed by atoms with E-state index in [0.29, 0.717) is 6.61 Å². The Bertz CT molecular complexity index is 390. The summed E-state index contributed by atoms with van der Waals surface area (Å²) in [6.45, 7) is 4.91. The van der Waals surface area contributed by atoms with Crippen LogP contribution in [0.4, 0.5) is 0 Å². The van der Waals surface area contributed by atoms with Gasteiger partial charge >= 0.3 is 0 Å². The Morgan fingerprint density at radius 3 is 2.74 bits per heavy atom. The van der Waals surface area contributed by atoms with Gasteiger partial charge in [0.1, 0.15) is 0 Å². The van der Waals surface area contributed by atoms with Crippen molar-refractivity contribution in [2.45, 2.75) is 52.1 Å². The molecule has 0 aliphatic heterocycles. The van der Waals surface area contributed by atoms with Crippen LogP contribution in [0.2, 0.25) is 0 Å². The predicted molar refractivity (Wildman–Crippen MR) is 79.5 cm³/mol. The minimum Gasteiger partial charge on any atom is -0.374 e. The maximum atomic E-state index is 11.0.